The summed E-state index contributed by atoms with van der Waals surface area (Å²) in [5, 5.41) is 9.98. The molecule has 0 aromatic heterocycles. The summed E-state index contributed by atoms with van der Waals surface area (Å²) in [5.41, 5.74) is 0. The Labute approximate surface area is 47.0 Å². The van der Waals surface area contributed by atoms with E-state index in [2.05, 4.69) is 4.99 Å². The lowest BCUT2D eigenvalue weighted by Gasteiger charge is -2.04. The quantitative estimate of drug-likeness (QED) is 0.435. The van der Waals surface area contributed by atoms with E-state index in [0.717, 1.165) is 6.42 Å². The Morgan fingerprint density at radius 2 is 2.62 bits per heavy atom. The first kappa shape index (κ1) is 5.28. The molecule has 0 aromatic rings. The highest BCUT2D eigenvalue weighted by Crippen LogP contribution is 2.05. The molecule has 0 spiro atoms. The Morgan fingerprint density at radius 1 is 1.88 bits per heavy atom. The van der Waals surface area contributed by atoms with E-state index in [1.165, 1.54) is 0 Å². The molecule has 8 heavy (non-hydrogen) atoms. The molecule has 44 valence electrons. The van der Waals surface area contributed by atoms with Crippen LogP contribution in [0.5, 0.6) is 0 Å². The fourth-order valence-electron chi connectivity index (χ4n) is 0.687. The van der Waals surface area contributed by atoms with Crippen LogP contribution in [0.3, 0.4) is 0 Å². The van der Waals surface area contributed by atoms with Crippen molar-refractivity contribution in [2.24, 2.45) is 4.99 Å². The van der Waals surface area contributed by atoms with Gasteiger partial charge in [0.05, 0.1) is 12.0 Å². The number of hydrogen-bond acceptors (Lipinski definition) is 3. The van der Waals surface area contributed by atoms with Crippen molar-refractivity contribution in [1.82, 2.24) is 0 Å². The maximum absolute atomic E-state index is 9.98. The highest BCUT2D eigenvalue weighted by atomic mass is 16.4. The van der Waals surface area contributed by atoms with Gasteiger partial charge in [0.25, 0.3) is 0 Å². The first-order chi connectivity index (χ1) is 3.80. The third-order valence-corrected chi connectivity index (χ3v) is 1.13. The van der Waals surface area contributed by atoms with Crippen molar-refractivity contribution in [3.05, 3.63) is 0 Å². The number of carboxylic acids is 1. The number of aliphatic imine (C=N–C) groups is 1. The Kier molecular flexibility index (Phi) is 1.28. The summed E-state index contributed by atoms with van der Waals surface area (Å²) in [6.07, 6.45) is 3.02. The van der Waals surface area contributed by atoms with Gasteiger partial charge in [-0.15, -0.1) is 0 Å². The monoisotopic (exact) mass is 112 g/mol. The van der Waals surface area contributed by atoms with Gasteiger partial charge in [-0.3, -0.25) is 4.99 Å². The van der Waals surface area contributed by atoms with Crippen molar-refractivity contribution in [1.29, 1.82) is 0 Å². The minimum absolute atomic E-state index is 0.560. The summed E-state index contributed by atoms with van der Waals surface area (Å²) in [5.74, 6) is -1.06. The molecule has 0 saturated carbocycles. The van der Waals surface area contributed by atoms with E-state index in [4.69, 9.17) is 0 Å². The molecule has 1 unspecified atom stereocenters. The standard InChI is InChI=1S/C5H7NO2/c7-5(8)4-2-1-3-6-4/h3-4H,1-2H2,(H,7,8)/p-1. The molecule has 1 heterocycles. The minimum atomic E-state index is -1.06. The van der Waals surface area contributed by atoms with Gasteiger partial charge in [0.1, 0.15) is 0 Å². The second kappa shape index (κ2) is 1.94. The lowest BCUT2D eigenvalue weighted by atomic mass is 10.2. The van der Waals surface area contributed by atoms with Crippen molar-refractivity contribution >= 4 is 12.2 Å². The van der Waals surface area contributed by atoms with Crippen LogP contribution >= 0.6 is 0 Å². The first-order valence-electron chi connectivity index (χ1n) is 2.53. The van der Waals surface area contributed by atoms with Crippen LogP contribution < -0.4 is 5.11 Å². The van der Waals surface area contributed by atoms with E-state index >= 15 is 0 Å². The zero-order valence-corrected chi connectivity index (χ0v) is 4.33. The molecule has 0 saturated heterocycles. The second-order valence-corrected chi connectivity index (χ2v) is 1.74. The van der Waals surface area contributed by atoms with Gasteiger partial charge in [0.15, 0.2) is 0 Å². The summed E-state index contributed by atoms with van der Waals surface area (Å²) in [6.45, 7) is 0. The van der Waals surface area contributed by atoms with Crippen LogP contribution in [0, 0.1) is 0 Å². The highest BCUT2D eigenvalue weighted by molar-refractivity contribution is 5.77. The normalized spacial score (nSPS) is 26.2. The van der Waals surface area contributed by atoms with Crippen molar-refractivity contribution in [2.45, 2.75) is 18.9 Å². The van der Waals surface area contributed by atoms with Crippen molar-refractivity contribution in [3.63, 3.8) is 0 Å². The van der Waals surface area contributed by atoms with Gasteiger partial charge in [-0.2, -0.15) is 0 Å². The average molecular weight is 112 g/mol. The largest absolute Gasteiger partial charge is 0.548 e. The van der Waals surface area contributed by atoms with Gasteiger partial charge in [0.2, 0.25) is 0 Å². The number of rotatable bonds is 1. The molecule has 0 aromatic carbocycles. The molecule has 3 nitrogen and oxygen atoms in total. The Balaban J connectivity index is 2.48. The molecule has 1 aliphatic heterocycles. The molecular formula is C5H6NO2-. The Hall–Kier alpha value is -0.860. The fourth-order valence-corrected chi connectivity index (χ4v) is 0.687. The van der Waals surface area contributed by atoms with Crippen LogP contribution in [-0.2, 0) is 4.79 Å². The minimum Gasteiger partial charge on any atom is -0.548 e. The first-order valence-corrected chi connectivity index (χ1v) is 2.53. The third-order valence-electron chi connectivity index (χ3n) is 1.13. The maximum Gasteiger partial charge on any atom is 0.0892 e. The van der Waals surface area contributed by atoms with Gasteiger partial charge in [-0.25, -0.2) is 0 Å². The third kappa shape index (κ3) is 0.857. The zero-order valence-electron chi connectivity index (χ0n) is 4.33. The topological polar surface area (TPSA) is 52.5 Å². The molecule has 1 aliphatic rings. The summed E-state index contributed by atoms with van der Waals surface area (Å²) in [4.78, 5) is 13.6. The van der Waals surface area contributed by atoms with Crippen LogP contribution in [0.25, 0.3) is 0 Å². The Morgan fingerprint density at radius 3 is 2.88 bits per heavy atom. The number of aliphatic carboxylic acids is 1. The second-order valence-electron chi connectivity index (χ2n) is 1.74. The molecule has 0 amide bonds. The van der Waals surface area contributed by atoms with Crippen LogP contribution in [0.15, 0.2) is 4.99 Å². The molecule has 3 heteroatoms. The Bertz CT molecular complexity index is 130. The number of carbonyl (C=O) groups excluding carboxylic acids is 1. The predicted octanol–water partition coefficient (Wildman–Crippen LogP) is -1.03. The van der Waals surface area contributed by atoms with Gasteiger partial charge < -0.3 is 9.90 Å². The van der Waals surface area contributed by atoms with Gasteiger partial charge in [-0.1, -0.05) is 0 Å². The molecule has 1 atom stereocenters. The van der Waals surface area contributed by atoms with E-state index in [1.807, 2.05) is 0 Å². The summed E-state index contributed by atoms with van der Waals surface area (Å²) < 4.78 is 0. The zero-order chi connectivity index (χ0) is 5.98. The van der Waals surface area contributed by atoms with Crippen LogP contribution in [0.2, 0.25) is 0 Å². The molecular weight excluding hydrogens is 106 g/mol. The van der Waals surface area contributed by atoms with Crippen LogP contribution in [-0.4, -0.2) is 18.2 Å². The molecule has 0 fully saturated rings. The maximum atomic E-state index is 9.98. The van der Waals surface area contributed by atoms with E-state index in [0.29, 0.717) is 6.42 Å². The number of nitrogens with zero attached hydrogens (tertiary/aromatic N) is 1. The summed E-state index contributed by atoms with van der Waals surface area (Å²) in [7, 11) is 0. The predicted molar refractivity (Wildman–Crippen MR) is 26.5 cm³/mol. The molecule has 0 N–H and O–H groups in total. The number of carboxylic acid groups (broad SMARTS) is 1. The number of hydrogen-bond donors (Lipinski definition) is 0. The summed E-state index contributed by atoms with van der Waals surface area (Å²) in [6, 6.07) is -0.560. The van der Waals surface area contributed by atoms with Crippen LogP contribution in [0.4, 0.5) is 0 Å². The van der Waals surface area contributed by atoms with Gasteiger partial charge >= 0.3 is 0 Å². The lowest BCUT2D eigenvalue weighted by Crippen LogP contribution is -2.32. The molecule has 0 radical (unpaired) electrons. The lowest BCUT2D eigenvalue weighted by molar-refractivity contribution is -0.307. The van der Waals surface area contributed by atoms with E-state index in [9.17, 15) is 9.90 Å². The van der Waals surface area contributed by atoms with E-state index < -0.39 is 12.0 Å². The summed E-state index contributed by atoms with van der Waals surface area (Å²) >= 11 is 0. The highest BCUT2D eigenvalue weighted by Gasteiger charge is 2.09. The smallest absolute Gasteiger partial charge is 0.0892 e. The average Bonchev–Trinajstić information content (AvgIpc) is 2.12. The van der Waals surface area contributed by atoms with Crippen molar-refractivity contribution < 1.29 is 9.90 Å². The molecule has 0 aliphatic carbocycles. The van der Waals surface area contributed by atoms with Crippen LogP contribution in [0.1, 0.15) is 12.8 Å². The number of carbonyl (C=O) groups is 1. The van der Waals surface area contributed by atoms with Gasteiger partial charge in [0, 0.05) is 0 Å². The van der Waals surface area contributed by atoms with E-state index in [-0.39, 0.29) is 0 Å². The van der Waals surface area contributed by atoms with E-state index in [1.54, 1.807) is 6.21 Å². The van der Waals surface area contributed by atoms with Gasteiger partial charge in [-0.05, 0) is 19.1 Å². The molecule has 0 bridgehead atoms. The fraction of sp³-hybridized carbons (Fsp3) is 0.600. The van der Waals surface area contributed by atoms with Crippen molar-refractivity contribution in [3.8, 4) is 0 Å². The molecule has 1 rings (SSSR count). The van der Waals surface area contributed by atoms with Crippen molar-refractivity contribution in [2.75, 3.05) is 0 Å². The SMILES string of the molecule is O=C([O-])C1CCC=N1.